The monoisotopic (exact) mass is 309 g/mol. The minimum atomic E-state index is 0.125. The van der Waals surface area contributed by atoms with Gasteiger partial charge in [0.25, 0.3) is 0 Å². The molecule has 0 bridgehead atoms. The highest BCUT2D eigenvalue weighted by Gasteiger charge is 2.03. The number of ether oxygens (including phenoxy) is 1. The summed E-state index contributed by atoms with van der Waals surface area (Å²) in [6, 6.07) is 7.17. The SMILES string of the molecule is COc1cc(Br)cc(Nc2cc(N)nc(N)n2)c1. The summed E-state index contributed by atoms with van der Waals surface area (Å²) < 4.78 is 6.06. The summed E-state index contributed by atoms with van der Waals surface area (Å²) in [5.74, 6) is 1.69. The number of hydrogen-bond acceptors (Lipinski definition) is 6. The van der Waals surface area contributed by atoms with Crippen LogP contribution in [0.15, 0.2) is 28.7 Å². The second kappa shape index (κ2) is 5.09. The van der Waals surface area contributed by atoms with Crippen molar-refractivity contribution in [3.05, 3.63) is 28.7 Å². The minimum Gasteiger partial charge on any atom is -0.497 e. The highest BCUT2D eigenvalue weighted by molar-refractivity contribution is 9.10. The molecule has 2 rings (SSSR count). The third-order valence-electron chi connectivity index (χ3n) is 2.14. The Labute approximate surface area is 113 Å². The van der Waals surface area contributed by atoms with Gasteiger partial charge in [-0.2, -0.15) is 9.97 Å². The molecule has 6 nitrogen and oxygen atoms in total. The van der Waals surface area contributed by atoms with E-state index in [9.17, 15) is 0 Å². The van der Waals surface area contributed by atoms with E-state index < -0.39 is 0 Å². The third-order valence-corrected chi connectivity index (χ3v) is 2.60. The summed E-state index contributed by atoms with van der Waals surface area (Å²) in [6.07, 6.45) is 0. The van der Waals surface area contributed by atoms with Crippen molar-refractivity contribution in [2.45, 2.75) is 0 Å². The first kappa shape index (κ1) is 12.4. The maximum atomic E-state index is 5.59. The number of nitrogens with zero attached hydrogens (tertiary/aromatic N) is 2. The van der Waals surface area contributed by atoms with Crippen LogP contribution < -0.4 is 21.5 Å². The Kier molecular flexibility index (Phi) is 3.52. The summed E-state index contributed by atoms with van der Waals surface area (Å²) in [7, 11) is 1.60. The lowest BCUT2D eigenvalue weighted by atomic mass is 10.3. The largest absolute Gasteiger partial charge is 0.497 e. The molecule has 0 aliphatic heterocycles. The number of nitrogens with two attached hydrogens (primary N) is 2. The molecule has 0 amide bonds. The quantitative estimate of drug-likeness (QED) is 0.803. The molecule has 0 aliphatic rings. The van der Waals surface area contributed by atoms with Crippen molar-refractivity contribution >= 4 is 39.2 Å². The van der Waals surface area contributed by atoms with E-state index in [1.54, 1.807) is 13.2 Å². The number of halogens is 1. The van der Waals surface area contributed by atoms with Crippen molar-refractivity contribution in [2.24, 2.45) is 0 Å². The maximum absolute atomic E-state index is 5.59. The lowest BCUT2D eigenvalue weighted by Crippen LogP contribution is -2.03. The van der Waals surface area contributed by atoms with Crippen LogP contribution in [-0.2, 0) is 0 Å². The second-order valence-electron chi connectivity index (χ2n) is 3.54. The van der Waals surface area contributed by atoms with Crippen molar-refractivity contribution in [1.82, 2.24) is 9.97 Å². The average molecular weight is 310 g/mol. The predicted molar refractivity (Wildman–Crippen MR) is 74.8 cm³/mol. The van der Waals surface area contributed by atoms with Gasteiger partial charge in [0.2, 0.25) is 5.95 Å². The molecule has 0 aliphatic carbocycles. The molecule has 1 heterocycles. The molecule has 0 fully saturated rings. The molecule has 0 unspecified atom stereocenters. The lowest BCUT2D eigenvalue weighted by Gasteiger charge is -2.09. The first-order valence-electron chi connectivity index (χ1n) is 5.08. The Morgan fingerprint density at radius 3 is 2.61 bits per heavy atom. The summed E-state index contributed by atoms with van der Waals surface area (Å²) in [5.41, 5.74) is 11.9. The van der Waals surface area contributed by atoms with Gasteiger partial charge in [0, 0.05) is 22.3 Å². The van der Waals surface area contributed by atoms with Crippen LogP contribution in [0.3, 0.4) is 0 Å². The predicted octanol–water partition coefficient (Wildman–Crippen LogP) is 2.16. The molecule has 0 radical (unpaired) electrons. The molecule has 0 saturated carbocycles. The van der Waals surface area contributed by atoms with Crippen LogP contribution in [-0.4, -0.2) is 17.1 Å². The zero-order valence-electron chi connectivity index (χ0n) is 9.64. The van der Waals surface area contributed by atoms with Gasteiger partial charge < -0.3 is 21.5 Å². The number of hydrogen-bond donors (Lipinski definition) is 3. The zero-order chi connectivity index (χ0) is 13.1. The molecule has 0 atom stereocenters. The van der Waals surface area contributed by atoms with Gasteiger partial charge in [-0.1, -0.05) is 15.9 Å². The Bertz CT molecular complexity index is 555. The number of nitrogens with one attached hydrogen (secondary N) is 1. The molecule has 1 aromatic heterocycles. The summed E-state index contributed by atoms with van der Waals surface area (Å²) >= 11 is 3.39. The van der Waals surface area contributed by atoms with Gasteiger partial charge in [-0.25, -0.2) is 0 Å². The van der Waals surface area contributed by atoms with E-state index in [-0.39, 0.29) is 5.95 Å². The third kappa shape index (κ3) is 3.01. The van der Waals surface area contributed by atoms with Crippen molar-refractivity contribution in [1.29, 1.82) is 0 Å². The fourth-order valence-corrected chi connectivity index (χ4v) is 1.92. The van der Waals surface area contributed by atoms with Gasteiger partial charge in [-0.05, 0) is 12.1 Å². The van der Waals surface area contributed by atoms with Crippen LogP contribution in [0.5, 0.6) is 5.75 Å². The number of anilines is 4. The molecule has 5 N–H and O–H groups in total. The lowest BCUT2D eigenvalue weighted by molar-refractivity contribution is 0.415. The van der Waals surface area contributed by atoms with E-state index in [2.05, 4.69) is 31.2 Å². The van der Waals surface area contributed by atoms with Crippen molar-refractivity contribution < 1.29 is 4.74 Å². The van der Waals surface area contributed by atoms with Gasteiger partial charge in [0.15, 0.2) is 0 Å². The van der Waals surface area contributed by atoms with Crippen LogP contribution in [0.1, 0.15) is 0 Å². The molecule has 94 valence electrons. The van der Waals surface area contributed by atoms with Crippen LogP contribution in [0.2, 0.25) is 0 Å². The second-order valence-corrected chi connectivity index (χ2v) is 4.46. The van der Waals surface area contributed by atoms with Gasteiger partial charge in [-0.15, -0.1) is 0 Å². The summed E-state index contributed by atoms with van der Waals surface area (Å²) in [4.78, 5) is 7.83. The smallest absolute Gasteiger partial charge is 0.223 e. The Balaban J connectivity index is 2.30. The fraction of sp³-hybridized carbons (Fsp3) is 0.0909. The van der Waals surface area contributed by atoms with Crippen molar-refractivity contribution in [2.75, 3.05) is 23.9 Å². The number of benzene rings is 1. The highest BCUT2D eigenvalue weighted by atomic mass is 79.9. The molecule has 7 heteroatoms. The first-order valence-corrected chi connectivity index (χ1v) is 5.88. The van der Waals surface area contributed by atoms with E-state index in [1.807, 2.05) is 18.2 Å². The average Bonchev–Trinajstić information content (AvgIpc) is 2.26. The summed E-state index contributed by atoms with van der Waals surface area (Å²) in [6.45, 7) is 0. The van der Waals surface area contributed by atoms with E-state index >= 15 is 0 Å². The topological polar surface area (TPSA) is 99.1 Å². The Morgan fingerprint density at radius 1 is 1.17 bits per heavy atom. The number of aromatic nitrogens is 2. The van der Waals surface area contributed by atoms with Gasteiger partial charge >= 0.3 is 0 Å². The van der Waals surface area contributed by atoms with E-state index in [0.29, 0.717) is 11.6 Å². The Hall–Kier alpha value is -2.02. The highest BCUT2D eigenvalue weighted by Crippen LogP contribution is 2.26. The van der Waals surface area contributed by atoms with Crippen LogP contribution >= 0.6 is 15.9 Å². The van der Waals surface area contributed by atoms with Gasteiger partial charge in [0.05, 0.1) is 7.11 Å². The van der Waals surface area contributed by atoms with Crippen LogP contribution in [0.25, 0.3) is 0 Å². The minimum absolute atomic E-state index is 0.125. The first-order chi connectivity index (χ1) is 8.56. The number of methoxy groups -OCH3 is 1. The molecule has 0 saturated heterocycles. The molecule has 0 spiro atoms. The molecular weight excluding hydrogens is 298 g/mol. The number of nitrogen functional groups attached to an aromatic ring is 2. The normalized spacial score (nSPS) is 10.1. The number of rotatable bonds is 3. The fourth-order valence-electron chi connectivity index (χ4n) is 1.45. The van der Waals surface area contributed by atoms with E-state index in [4.69, 9.17) is 16.2 Å². The molecule has 2 aromatic rings. The van der Waals surface area contributed by atoms with E-state index in [0.717, 1.165) is 15.9 Å². The van der Waals surface area contributed by atoms with Gasteiger partial charge in [0.1, 0.15) is 17.4 Å². The van der Waals surface area contributed by atoms with Crippen molar-refractivity contribution in [3.8, 4) is 5.75 Å². The maximum Gasteiger partial charge on any atom is 0.223 e. The zero-order valence-corrected chi connectivity index (χ0v) is 11.2. The molecule has 18 heavy (non-hydrogen) atoms. The van der Waals surface area contributed by atoms with Crippen LogP contribution in [0, 0.1) is 0 Å². The van der Waals surface area contributed by atoms with Crippen molar-refractivity contribution in [3.63, 3.8) is 0 Å². The van der Waals surface area contributed by atoms with E-state index in [1.165, 1.54) is 0 Å². The summed E-state index contributed by atoms with van der Waals surface area (Å²) in [5, 5.41) is 3.08. The Morgan fingerprint density at radius 2 is 1.94 bits per heavy atom. The molecule has 1 aromatic carbocycles. The standard InChI is InChI=1S/C11H12BrN5O/c1-18-8-3-6(12)2-7(4-8)15-10-5-9(13)16-11(14)17-10/h2-5H,1H3,(H5,13,14,15,16,17). The molecular formula is C11H12BrN5O. The van der Waals surface area contributed by atoms with Crippen LogP contribution in [0.4, 0.5) is 23.3 Å². The van der Waals surface area contributed by atoms with Gasteiger partial charge in [-0.3, -0.25) is 0 Å².